The highest BCUT2D eigenvalue weighted by molar-refractivity contribution is 6.12. The number of aromatic nitrogens is 5. The third kappa shape index (κ3) is 8.29. The average Bonchev–Trinajstić information content (AvgIpc) is 3.87. The van der Waals surface area contributed by atoms with Gasteiger partial charge in [-0.05, 0) is 117 Å². The van der Waals surface area contributed by atoms with E-state index in [-0.39, 0.29) is 21.7 Å². The van der Waals surface area contributed by atoms with E-state index in [9.17, 15) is 0 Å². The normalized spacial score (nSPS) is 12.7. The van der Waals surface area contributed by atoms with Gasteiger partial charge in [0.25, 0.3) is 0 Å². The molecule has 11 rings (SSSR count). The summed E-state index contributed by atoms with van der Waals surface area (Å²) in [6.45, 7) is 27.6. The van der Waals surface area contributed by atoms with E-state index in [1.165, 1.54) is 54.8 Å². The lowest BCUT2D eigenvalue weighted by atomic mass is 9.85. The fraction of sp³-hybridized carbons (Fsp3) is 0.239. The molecule has 0 radical (unpaired) electrons. The Hall–Kier alpha value is -7.63. The topological polar surface area (TPSA) is 48.5 Å². The standard InChI is InChI=1S/C67H65N5/c1-64(2,3)45-28-33-57-51(38-45)52-39-46(65(4,5)6)29-34-58(52)71(57)55-26-20-19-25-49(55)50-37-44(63-69-61(42-21-15-13-16-22-42)68-62(70-63)43-23-17-14-18-24-43)27-32-56(50)72-59-35-30-47(66(7,8)9)40-53(59)54-41-48(67(10,11)12)31-36-60(54)72/h13-41H,1-12H3. The van der Waals surface area contributed by atoms with E-state index >= 15 is 0 Å². The molecule has 3 aromatic heterocycles. The molecule has 0 N–H and O–H groups in total. The van der Waals surface area contributed by atoms with Gasteiger partial charge in [-0.25, -0.2) is 15.0 Å². The summed E-state index contributed by atoms with van der Waals surface area (Å²) in [6, 6.07) is 64.6. The van der Waals surface area contributed by atoms with E-state index in [2.05, 4.69) is 232 Å². The number of rotatable bonds is 6. The van der Waals surface area contributed by atoms with Gasteiger partial charge in [-0.3, -0.25) is 0 Å². The van der Waals surface area contributed by atoms with Gasteiger partial charge in [0.05, 0.1) is 33.4 Å². The second-order valence-corrected chi connectivity index (χ2v) is 23.9. The fourth-order valence-electron chi connectivity index (χ4n) is 10.4. The van der Waals surface area contributed by atoms with Gasteiger partial charge in [0.2, 0.25) is 0 Å². The molecule has 0 aliphatic rings. The molecule has 11 aromatic rings. The number of benzene rings is 8. The maximum absolute atomic E-state index is 5.27. The Morgan fingerprint density at radius 3 is 0.958 bits per heavy atom. The number of hydrogen-bond acceptors (Lipinski definition) is 3. The molecule has 0 unspecified atom stereocenters. The van der Waals surface area contributed by atoms with Crippen molar-refractivity contribution in [3.63, 3.8) is 0 Å². The van der Waals surface area contributed by atoms with E-state index in [0.717, 1.165) is 50.2 Å². The first-order valence-electron chi connectivity index (χ1n) is 25.5. The van der Waals surface area contributed by atoms with Crippen LogP contribution in [0.25, 0.3) is 100 Å². The van der Waals surface area contributed by atoms with Crippen LogP contribution < -0.4 is 0 Å². The van der Waals surface area contributed by atoms with E-state index < -0.39 is 0 Å². The molecule has 358 valence electrons. The van der Waals surface area contributed by atoms with Gasteiger partial charge >= 0.3 is 0 Å². The summed E-state index contributed by atoms with van der Waals surface area (Å²) in [6.07, 6.45) is 0. The lowest BCUT2D eigenvalue weighted by Crippen LogP contribution is -2.10. The highest BCUT2D eigenvalue weighted by Gasteiger charge is 2.26. The van der Waals surface area contributed by atoms with Gasteiger partial charge < -0.3 is 9.13 Å². The SMILES string of the molecule is CC(C)(C)c1ccc2c(c1)c1cc(C(C)(C)C)ccc1n2-c1ccccc1-c1cc(-c2nc(-c3ccccc3)nc(-c3ccccc3)n2)ccc1-n1c2ccc(C(C)(C)C)cc2c2cc(C(C)(C)C)ccc21. The molecule has 5 nitrogen and oxygen atoms in total. The van der Waals surface area contributed by atoms with E-state index in [0.29, 0.717) is 17.5 Å². The molecule has 0 saturated heterocycles. The third-order valence-corrected chi connectivity index (χ3v) is 14.6. The van der Waals surface area contributed by atoms with Crippen molar-refractivity contribution in [3.05, 3.63) is 198 Å². The zero-order valence-electron chi connectivity index (χ0n) is 44.0. The second kappa shape index (κ2) is 17.0. The molecule has 0 amide bonds. The van der Waals surface area contributed by atoms with E-state index in [1.807, 2.05) is 36.4 Å². The molecule has 0 aliphatic heterocycles. The second-order valence-electron chi connectivity index (χ2n) is 23.9. The lowest BCUT2D eigenvalue weighted by molar-refractivity contribution is 0.590. The van der Waals surface area contributed by atoms with Crippen LogP contribution in [0.4, 0.5) is 0 Å². The fourth-order valence-corrected chi connectivity index (χ4v) is 10.4. The van der Waals surface area contributed by atoms with Crippen molar-refractivity contribution in [2.75, 3.05) is 0 Å². The van der Waals surface area contributed by atoms with Crippen molar-refractivity contribution in [1.29, 1.82) is 0 Å². The molecule has 0 aliphatic carbocycles. The van der Waals surface area contributed by atoms with Gasteiger partial charge in [-0.1, -0.05) is 186 Å². The quantitative estimate of drug-likeness (QED) is 0.167. The van der Waals surface area contributed by atoms with Crippen LogP contribution in [0.2, 0.25) is 0 Å². The van der Waals surface area contributed by atoms with Crippen molar-refractivity contribution >= 4 is 43.6 Å². The van der Waals surface area contributed by atoms with Crippen molar-refractivity contribution in [1.82, 2.24) is 24.1 Å². The van der Waals surface area contributed by atoms with Crippen molar-refractivity contribution in [3.8, 4) is 56.7 Å². The maximum atomic E-state index is 5.27. The van der Waals surface area contributed by atoms with Crippen LogP contribution in [0.3, 0.4) is 0 Å². The van der Waals surface area contributed by atoms with Crippen molar-refractivity contribution in [2.24, 2.45) is 0 Å². The molecule has 72 heavy (non-hydrogen) atoms. The Labute approximate surface area is 425 Å². The first-order valence-corrected chi connectivity index (χ1v) is 25.5. The van der Waals surface area contributed by atoms with Crippen LogP contribution in [0.1, 0.15) is 105 Å². The molecule has 0 atom stereocenters. The average molecular weight is 940 g/mol. The molecule has 0 spiro atoms. The molecular weight excluding hydrogens is 875 g/mol. The summed E-state index contributed by atoms with van der Waals surface area (Å²) in [5.74, 6) is 1.87. The number of fused-ring (bicyclic) bond motifs is 6. The highest BCUT2D eigenvalue weighted by Crippen LogP contribution is 2.45. The van der Waals surface area contributed by atoms with Crippen molar-refractivity contribution in [2.45, 2.75) is 105 Å². The molecule has 3 heterocycles. The number of para-hydroxylation sites is 1. The zero-order valence-corrected chi connectivity index (χ0v) is 44.0. The Morgan fingerprint density at radius 1 is 0.278 bits per heavy atom. The predicted octanol–water partition coefficient (Wildman–Crippen LogP) is 17.9. The van der Waals surface area contributed by atoms with Gasteiger partial charge in [-0.2, -0.15) is 0 Å². The van der Waals surface area contributed by atoms with Crippen molar-refractivity contribution < 1.29 is 0 Å². The highest BCUT2D eigenvalue weighted by atomic mass is 15.0. The Kier molecular flexibility index (Phi) is 11.0. The van der Waals surface area contributed by atoms with Crippen LogP contribution in [-0.2, 0) is 21.7 Å². The predicted molar refractivity (Wildman–Crippen MR) is 305 cm³/mol. The summed E-state index contributed by atoms with van der Waals surface area (Å²) in [4.78, 5) is 15.6. The first kappa shape index (κ1) is 46.7. The van der Waals surface area contributed by atoms with Gasteiger partial charge in [-0.15, -0.1) is 0 Å². The summed E-state index contributed by atoms with van der Waals surface area (Å²) in [5.41, 5.74) is 16.9. The van der Waals surface area contributed by atoms with Gasteiger partial charge in [0, 0.05) is 49.4 Å². The van der Waals surface area contributed by atoms with Crippen LogP contribution in [0, 0.1) is 0 Å². The largest absolute Gasteiger partial charge is 0.309 e. The molecule has 5 heteroatoms. The molecule has 0 saturated carbocycles. The summed E-state index contributed by atoms with van der Waals surface area (Å²) in [7, 11) is 0. The minimum absolute atomic E-state index is 0.0170. The molecular formula is C67H65N5. The van der Waals surface area contributed by atoms with Crippen LogP contribution in [-0.4, -0.2) is 24.1 Å². The molecule has 8 aromatic carbocycles. The number of nitrogens with zero attached hydrogens (tertiary/aromatic N) is 5. The smallest absolute Gasteiger partial charge is 0.164 e. The zero-order chi connectivity index (χ0) is 50.5. The Morgan fingerprint density at radius 2 is 0.597 bits per heavy atom. The maximum Gasteiger partial charge on any atom is 0.164 e. The van der Waals surface area contributed by atoms with Gasteiger partial charge in [0.15, 0.2) is 17.5 Å². The summed E-state index contributed by atoms with van der Waals surface area (Å²) in [5, 5.41) is 5.00. The molecule has 0 bridgehead atoms. The lowest BCUT2D eigenvalue weighted by Gasteiger charge is -2.21. The van der Waals surface area contributed by atoms with E-state index in [1.54, 1.807) is 0 Å². The Balaban J connectivity index is 1.24. The van der Waals surface area contributed by atoms with Crippen LogP contribution in [0.5, 0.6) is 0 Å². The third-order valence-electron chi connectivity index (χ3n) is 14.6. The molecule has 0 fully saturated rings. The van der Waals surface area contributed by atoms with E-state index in [4.69, 9.17) is 15.0 Å². The summed E-state index contributed by atoms with van der Waals surface area (Å²) < 4.78 is 4.99. The van der Waals surface area contributed by atoms with Gasteiger partial charge in [0.1, 0.15) is 0 Å². The minimum atomic E-state index is -0.0264. The van der Waals surface area contributed by atoms with Crippen LogP contribution in [0.15, 0.2) is 176 Å². The summed E-state index contributed by atoms with van der Waals surface area (Å²) >= 11 is 0. The first-order chi connectivity index (χ1) is 34.2. The minimum Gasteiger partial charge on any atom is -0.309 e. The van der Waals surface area contributed by atoms with Crippen LogP contribution >= 0.6 is 0 Å². The Bertz CT molecular complexity index is 3680. The monoisotopic (exact) mass is 940 g/mol. The number of hydrogen-bond donors (Lipinski definition) is 0.